The fourth-order valence-corrected chi connectivity index (χ4v) is 11.1. The molecule has 0 radical (unpaired) electrons. The molecular weight excluding hydrogens is 532 g/mol. The lowest BCUT2D eigenvalue weighted by Crippen LogP contribution is -2.52. The third-order valence-electron chi connectivity index (χ3n) is 7.63. The molecule has 0 amide bonds. The average molecular weight is 589 g/mol. The molecule has 232 valence electrons. The second-order valence-electron chi connectivity index (χ2n) is 11.5. The fourth-order valence-electron chi connectivity index (χ4n) is 5.58. The second kappa shape index (κ2) is 19.8. The van der Waals surface area contributed by atoms with Crippen LogP contribution in [-0.2, 0) is 25.3 Å². The van der Waals surface area contributed by atoms with Crippen molar-refractivity contribution in [3.05, 3.63) is 66.8 Å². The fraction of sp³-hybridized carbons (Fsp3) is 0.618. The van der Waals surface area contributed by atoms with Gasteiger partial charge in [-0.25, -0.2) is 4.79 Å². The number of allylic oxidation sites excluding steroid dienone is 2. The highest BCUT2D eigenvalue weighted by atomic mass is 28.4. The number of carbonyl (C=O) groups is 1. The summed E-state index contributed by atoms with van der Waals surface area (Å²) >= 11 is 0. The van der Waals surface area contributed by atoms with Crippen LogP contribution in [0.15, 0.2) is 61.2 Å². The van der Waals surface area contributed by atoms with Gasteiger partial charge < -0.3 is 23.7 Å². The number of carbonyl (C=O) groups excluding carboxylic acids is 1. The van der Waals surface area contributed by atoms with E-state index in [0.29, 0.717) is 42.7 Å². The molecule has 1 aromatic carbocycles. The van der Waals surface area contributed by atoms with E-state index in [1.165, 1.54) is 6.08 Å². The molecule has 41 heavy (non-hydrogen) atoms. The molecule has 0 spiro atoms. The predicted octanol–water partition coefficient (Wildman–Crippen LogP) is 8.31. The summed E-state index contributed by atoms with van der Waals surface area (Å²) in [6.07, 6.45) is 11.5. The Morgan fingerprint density at radius 1 is 0.976 bits per heavy atom. The van der Waals surface area contributed by atoms with E-state index >= 15 is 0 Å². The van der Waals surface area contributed by atoms with Crippen LogP contribution in [0.1, 0.15) is 86.1 Å². The van der Waals surface area contributed by atoms with Crippen LogP contribution in [0.3, 0.4) is 0 Å². The Balaban J connectivity index is 3.18. The molecule has 0 unspecified atom stereocenters. The van der Waals surface area contributed by atoms with Gasteiger partial charge in [-0.2, -0.15) is 0 Å². The third kappa shape index (κ3) is 12.7. The van der Waals surface area contributed by atoms with Gasteiger partial charge in [0.05, 0.1) is 38.6 Å². The first kappa shape index (κ1) is 36.8. The molecule has 0 aromatic heterocycles. The number of hydrogen-bond acceptors (Lipinski definition) is 6. The highest BCUT2D eigenvalue weighted by molar-refractivity contribution is 6.77. The number of aliphatic hydroxyl groups excluding tert-OH is 1. The standard InChI is InChI=1S/C34H56O6Si/c1-10-12-17-32(39-25-29-19-22-31(37-9)23-20-29)33(40-41(26(3)4,27(5)6)28(7)8)24-21-30(35)16-14-13-15-18-34(36)38-11-2/h10,15,18-24,26-28,30,32-33,35H,1,11-14,16-17,25H2,2-9H3/b18-15+,24-21+/t30-,32-,33-/m0/s1. The van der Waals surface area contributed by atoms with Crippen molar-refractivity contribution in [2.45, 2.75) is 122 Å². The van der Waals surface area contributed by atoms with Crippen molar-refractivity contribution in [3.8, 4) is 5.75 Å². The Morgan fingerprint density at radius 2 is 1.61 bits per heavy atom. The summed E-state index contributed by atoms with van der Waals surface area (Å²) in [5, 5.41) is 10.8. The number of rotatable bonds is 21. The molecule has 1 aromatic rings. The highest BCUT2D eigenvalue weighted by Crippen LogP contribution is 2.44. The maximum Gasteiger partial charge on any atom is 0.330 e. The molecule has 1 N–H and O–H groups in total. The number of methoxy groups -OCH3 is 1. The molecule has 1 rings (SSSR count). The number of aliphatic hydroxyl groups is 1. The molecule has 0 fully saturated rings. The molecule has 0 aliphatic heterocycles. The van der Waals surface area contributed by atoms with E-state index in [4.69, 9.17) is 18.6 Å². The number of esters is 1. The average Bonchev–Trinajstić information content (AvgIpc) is 2.93. The summed E-state index contributed by atoms with van der Waals surface area (Å²) in [7, 11) is -0.587. The lowest BCUT2D eigenvalue weighted by Gasteiger charge is -2.45. The van der Waals surface area contributed by atoms with E-state index in [2.05, 4.69) is 48.1 Å². The predicted molar refractivity (Wildman–Crippen MR) is 172 cm³/mol. The van der Waals surface area contributed by atoms with Crippen molar-refractivity contribution >= 4 is 14.3 Å². The largest absolute Gasteiger partial charge is 0.497 e. The minimum Gasteiger partial charge on any atom is -0.497 e. The van der Waals surface area contributed by atoms with Crippen LogP contribution in [-0.4, -0.2) is 51.4 Å². The second-order valence-corrected chi connectivity index (χ2v) is 16.9. The molecule has 7 heteroatoms. The van der Waals surface area contributed by atoms with Crippen LogP contribution in [0, 0.1) is 0 Å². The summed E-state index contributed by atoms with van der Waals surface area (Å²) in [6, 6.07) is 7.92. The summed E-state index contributed by atoms with van der Waals surface area (Å²) < 4.78 is 24.0. The lowest BCUT2D eigenvalue weighted by atomic mass is 10.1. The van der Waals surface area contributed by atoms with Crippen molar-refractivity contribution in [1.82, 2.24) is 0 Å². The van der Waals surface area contributed by atoms with Crippen LogP contribution in [0.25, 0.3) is 0 Å². The Bertz CT molecular complexity index is 900. The SMILES string of the molecule is C=CCC[C@H](OCc1ccc(OC)cc1)[C@H](/C=C/[C@@H](O)CCC/C=C/C(=O)OCC)O[Si](C(C)C)(C(C)C)C(C)C. The van der Waals surface area contributed by atoms with Gasteiger partial charge in [0.15, 0.2) is 0 Å². The molecule has 6 nitrogen and oxygen atoms in total. The van der Waals surface area contributed by atoms with Gasteiger partial charge in [-0.1, -0.05) is 78.0 Å². The van der Waals surface area contributed by atoms with Crippen LogP contribution in [0.2, 0.25) is 16.6 Å². The van der Waals surface area contributed by atoms with Gasteiger partial charge in [-0.15, -0.1) is 6.58 Å². The summed E-state index contributed by atoms with van der Waals surface area (Å²) in [6.45, 7) is 20.2. The maximum atomic E-state index is 11.5. The van der Waals surface area contributed by atoms with E-state index < -0.39 is 14.4 Å². The van der Waals surface area contributed by atoms with E-state index in [1.54, 1.807) is 20.1 Å². The van der Waals surface area contributed by atoms with Crippen LogP contribution in [0.4, 0.5) is 0 Å². The van der Waals surface area contributed by atoms with Crippen LogP contribution >= 0.6 is 0 Å². The zero-order valence-corrected chi connectivity index (χ0v) is 27.8. The molecule has 0 heterocycles. The van der Waals surface area contributed by atoms with Gasteiger partial charge in [0.25, 0.3) is 0 Å². The van der Waals surface area contributed by atoms with Crippen molar-refractivity contribution in [1.29, 1.82) is 0 Å². The molecule has 0 aliphatic carbocycles. The first-order valence-electron chi connectivity index (χ1n) is 15.2. The van der Waals surface area contributed by atoms with Crippen molar-refractivity contribution in [2.24, 2.45) is 0 Å². The number of ether oxygens (including phenoxy) is 3. The zero-order valence-electron chi connectivity index (χ0n) is 26.8. The first-order chi connectivity index (χ1) is 19.5. The van der Waals surface area contributed by atoms with Gasteiger partial charge in [0.2, 0.25) is 8.32 Å². The molecule has 0 aliphatic rings. The zero-order chi connectivity index (χ0) is 30.8. The number of hydrogen-bond donors (Lipinski definition) is 1. The number of benzene rings is 1. The summed E-state index contributed by atoms with van der Waals surface area (Å²) in [4.78, 5) is 11.5. The first-order valence-corrected chi connectivity index (χ1v) is 17.4. The van der Waals surface area contributed by atoms with E-state index in [-0.39, 0.29) is 18.2 Å². The third-order valence-corrected chi connectivity index (χ3v) is 13.7. The summed E-state index contributed by atoms with van der Waals surface area (Å²) in [5.74, 6) is 0.481. The van der Waals surface area contributed by atoms with Gasteiger partial charge in [-0.05, 0) is 73.3 Å². The monoisotopic (exact) mass is 588 g/mol. The van der Waals surface area contributed by atoms with Gasteiger partial charge in [-0.3, -0.25) is 0 Å². The Kier molecular flexibility index (Phi) is 17.8. The maximum absolute atomic E-state index is 11.5. The minimum atomic E-state index is -2.25. The molecular formula is C34H56O6Si. The minimum absolute atomic E-state index is 0.200. The van der Waals surface area contributed by atoms with Crippen molar-refractivity contribution < 1.29 is 28.5 Å². The van der Waals surface area contributed by atoms with Gasteiger partial charge in [0.1, 0.15) is 5.75 Å². The van der Waals surface area contributed by atoms with Crippen LogP contribution in [0.5, 0.6) is 5.75 Å². The van der Waals surface area contributed by atoms with Crippen molar-refractivity contribution in [2.75, 3.05) is 13.7 Å². The quantitative estimate of drug-likeness (QED) is 0.0512. The van der Waals surface area contributed by atoms with Crippen molar-refractivity contribution in [3.63, 3.8) is 0 Å². The topological polar surface area (TPSA) is 74.2 Å². The Morgan fingerprint density at radius 3 is 2.15 bits per heavy atom. The van der Waals surface area contributed by atoms with E-state index in [0.717, 1.165) is 30.6 Å². The van der Waals surface area contributed by atoms with E-state index in [9.17, 15) is 9.90 Å². The smallest absolute Gasteiger partial charge is 0.330 e. The van der Waals surface area contributed by atoms with E-state index in [1.807, 2.05) is 42.5 Å². The van der Waals surface area contributed by atoms with Crippen LogP contribution < -0.4 is 4.74 Å². The number of unbranched alkanes of at least 4 members (excludes halogenated alkanes) is 1. The Hall–Kier alpha value is -2.19. The highest BCUT2D eigenvalue weighted by Gasteiger charge is 2.47. The molecule has 0 saturated carbocycles. The van der Waals surface area contributed by atoms with Gasteiger partial charge in [0, 0.05) is 6.08 Å². The van der Waals surface area contributed by atoms with Gasteiger partial charge >= 0.3 is 5.97 Å². The lowest BCUT2D eigenvalue weighted by molar-refractivity contribution is -0.137. The Labute approximate surface area is 250 Å². The normalized spacial score (nSPS) is 14.7. The molecule has 0 saturated heterocycles. The summed E-state index contributed by atoms with van der Waals surface area (Å²) in [5.41, 5.74) is 2.30. The molecule has 0 bridgehead atoms. The molecule has 3 atom stereocenters.